The molecule has 0 bridgehead atoms. The maximum atomic E-state index is 13.3. The maximum absolute atomic E-state index is 13.3. The molecule has 1 aliphatic carbocycles. The Morgan fingerprint density at radius 1 is 0.829 bits per heavy atom. The van der Waals surface area contributed by atoms with Crippen LogP contribution in [0.2, 0.25) is 15.1 Å². The van der Waals surface area contributed by atoms with Crippen LogP contribution in [0.1, 0.15) is 27.4 Å². The number of carbonyl (C=O) groups is 2. The van der Waals surface area contributed by atoms with Crippen LogP contribution in [-0.2, 0) is 11.2 Å². The van der Waals surface area contributed by atoms with E-state index >= 15 is 0 Å². The molecule has 2 atom stereocenters. The van der Waals surface area contributed by atoms with Gasteiger partial charge in [0.2, 0.25) is 5.91 Å². The van der Waals surface area contributed by atoms with E-state index in [2.05, 4.69) is 16.4 Å². The summed E-state index contributed by atoms with van der Waals surface area (Å²) in [5.74, 6) is -1.78. The van der Waals surface area contributed by atoms with Crippen LogP contribution in [0.25, 0.3) is 22.2 Å². The molecule has 1 fully saturated rings. The van der Waals surface area contributed by atoms with Gasteiger partial charge in [0.25, 0.3) is 0 Å². The van der Waals surface area contributed by atoms with Crippen molar-refractivity contribution in [3.8, 4) is 11.3 Å². The molecule has 1 aliphatic rings. The lowest BCUT2D eigenvalue weighted by molar-refractivity contribution is -0.117. The molecule has 4 aromatic carbocycles. The van der Waals surface area contributed by atoms with Crippen LogP contribution in [-0.4, -0.2) is 21.0 Å². The largest absolute Gasteiger partial charge is 0.355 e. The molecule has 5 aromatic rings. The molecule has 1 amide bonds. The molecule has 1 aromatic heterocycles. The number of nitrogens with one attached hydrogen (secondary N) is 2. The second-order valence-corrected chi connectivity index (χ2v) is 12.8. The van der Waals surface area contributed by atoms with Gasteiger partial charge in [-0.1, -0.05) is 71.2 Å². The highest BCUT2D eigenvalue weighted by molar-refractivity contribution is 6.53. The zero-order valence-corrected chi connectivity index (χ0v) is 25.0. The van der Waals surface area contributed by atoms with Gasteiger partial charge in [-0.05, 0) is 71.3 Å². The van der Waals surface area contributed by atoms with Gasteiger partial charge in [0, 0.05) is 50.2 Å². The summed E-state index contributed by atoms with van der Waals surface area (Å²) in [4.78, 5) is 29.9. The molecular weight excluding hydrogens is 622 g/mol. The number of halogens is 5. The first kappa shape index (κ1) is 28.1. The van der Waals surface area contributed by atoms with Gasteiger partial charge >= 0.3 is 0 Å². The van der Waals surface area contributed by atoms with E-state index in [0.717, 1.165) is 27.7 Å². The minimum absolute atomic E-state index is 0.144. The SMILES string of the molecule is O=C(Cc1ccc2[nH]c(-c3ccccc3)cc2c1)c1cc(NC(=O)C2C(c3cc(Cl)cc(Cl)c3)C2(Cl)Cl)ccc1Cl. The van der Waals surface area contributed by atoms with Crippen molar-refractivity contribution in [2.75, 3.05) is 5.32 Å². The fourth-order valence-electron chi connectivity index (χ4n) is 5.21. The number of ketones is 1. The first-order chi connectivity index (χ1) is 19.6. The number of hydrogen-bond donors (Lipinski definition) is 2. The zero-order chi connectivity index (χ0) is 28.9. The lowest BCUT2D eigenvalue weighted by atomic mass is 10.0. The van der Waals surface area contributed by atoms with E-state index in [4.69, 9.17) is 58.0 Å². The van der Waals surface area contributed by atoms with Crippen LogP contribution in [0.4, 0.5) is 5.69 Å². The number of rotatable bonds is 7. The molecule has 0 aliphatic heterocycles. The van der Waals surface area contributed by atoms with Gasteiger partial charge in [-0.3, -0.25) is 9.59 Å². The van der Waals surface area contributed by atoms with Gasteiger partial charge in [-0.15, -0.1) is 23.2 Å². The summed E-state index contributed by atoms with van der Waals surface area (Å²) in [5.41, 5.74) is 5.31. The normalized spacial score (nSPS) is 17.4. The summed E-state index contributed by atoms with van der Waals surface area (Å²) >= 11 is 31.6. The molecule has 9 heteroatoms. The summed E-state index contributed by atoms with van der Waals surface area (Å²) in [5, 5.41) is 4.98. The molecular formula is C32H21Cl5N2O2. The zero-order valence-electron chi connectivity index (χ0n) is 21.2. The Morgan fingerprint density at radius 2 is 1.56 bits per heavy atom. The van der Waals surface area contributed by atoms with Crippen molar-refractivity contribution in [2.45, 2.75) is 16.7 Å². The molecule has 1 heterocycles. The highest BCUT2D eigenvalue weighted by Crippen LogP contribution is 2.65. The monoisotopic (exact) mass is 640 g/mol. The highest BCUT2D eigenvalue weighted by Gasteiger charge is 2.67. The highest BCUT2D eigenvalue weighted by atomic mass is 35.5. The topological polar surface area (TPSA) is 62.0 Å². The maximum Gasteiger partial charge on any atom is 0.231 e. The van der Waals surface area contributed by atoms with Crippen molar-refractivity contribution in [1.82, 2.24) is 4.98 Å². The number of aromatic nitrogens is 1. The van der Waals surface area contributed by atoms with E-state index < -0.39 is 16.2 Å². The van der Waals surface area contributed by atoms with Crippen LogP contribution >= 0.6 is 58.0 Å². The Bertz CT molecular complexity index is 1800. The summed E-state index contributed by atoms with van der Waals surface area (Å²) in [7, 11) is 0. The molecule has 41 heavy (non-hydrogen) atoms. The number of carbonyl (C=O) groups excluding carboxylic acids is 2. The predicted octanol–water partition coefficient (Wildman–Crippen LogP) is 9.75. The van der Waals surface area contributed by atoms with Crippen LogP contribution in [0.15, 0.2) is 91.0 Å². The van der Waals surface area contributed by atoms with Crippen molar-refractivity contribution in [3.63, 3.8) is 0 Å². The average Bonchev–Trinajstić information content (AvgIpc) is 3.28. The van der Waals surface area contributed by atoms with Gasteiger partial charge in [0.15, 0.2) is 5.78 Å². The van der Waals surface area contributed by atoms with E-state index in [-0.39, 0.29) is 18.1 Å². The summed E-state index contributed by atoms with van der Waals surface area (Å²) in [6, 6.07) is 27.8. The number of amides is 1. The lowest BCUT2D eigenvalue weighted by Crippen LogP contribution is -2.17. The Morgan fingerprint density at radius 3 is 2.29 bits per heavy atom. The number of anilines is 1. The molecule has 6 rings (SSSR count). The first-order valence-corrected chi connectivity index (χ1v) is 14.6. The lowest BCUT2D eigenvalue weighted by Gasteiger charge is -2.09. The molecule has 206 valence electrons. The molecule has 2 unspecified atom stereocenters. The second-order valence-electron chi connectivity index (χ2n) is 10.1. The second kappa shape index (κ2) is 11.0. The Kier molecular flexibility index (Phi) is 7.56. The third-order valence-electron chi connectivity index (χ3n) is 7.25. The van der Waals surface area contributed by atoms with Gasteiger partial charge in [0.1, 0.15) is 4.33 Å². The molecule has 0 radical (unpaired) electrons. The average molecular weight is 643 g/mol. The van der Waals surface area contributed by atoms with Gasteiger partial charge in [-0.25, -0.2) is 0 Å². The van der Waals surface area contributed by atoms with Crippen molar-refractivity contribution in [2.24, 2.45) is 5.92 Å². The molecule has 0 saturated heterocycles. The standard InChI is InChI=1S/C32H21Cl5N2O2/c33-21-12-20(13-22(34)15-21)29-30(32(29,36)37)31(41)38-23-7-8-25(35)24(16-23)28(40)11-17-6-9-26-19(10-17)14-27(39-26)18-4-2-1-3-5-18/h1-10,12-16,29-30,39H,11H2,(H,38,41). The molecule has 4 nitrogen and oxygen atoms in total. The van der Waals surface area contributed by atoms with Crippen LogP contribution in [0, 0.1) is 5.92 Å². The number of alkyl halides is 2. The van der Waals surface area contributed by atoms with Gasteiger partial charge in [0.05, 0.1) is 10.9 Å². The molecule has 0 spiro atoms. The Hall–Kier alpha value is -2.99. The van der Waals surface area contributed by atoms with Gasteiger partial charge < -0.3 is 10.3 Å². The van der Waals surface area contributed by atoms with E-state index in [1.807, 2.05) is 48.5 Å². The number of fused-ring (bicyclic) bond motifs is 1. The van der Waals surface area contributed by atoms with E-state index in [1.165, 1.54) is 0 Å². The van der Waals surface area contributed by atoms with Crippen molar-refractivity contribution in [1.29, 1.82) is 0 Å². The number of Topliss-reactive ketones (excluding diaryl/α,β-unsaturated/α-hetero) is 1. The minimum Gasteiger partial charge on any atom is -0.355 e. The summed E-state index contributed by atoms with van der Waals surface area (Å²) < 4.78 is -1.32. The van der Waals surface area contributed by atoms with Crippen LogP contribution < -0.4 is 5.32 Å². The smallest absolute Gasteiger partial charge is 0.231 e. The first-order valence-electron chi connectivity index (χ1n) is 12.7. The third kappa shape index (κ3) is 5.73. The fourth-order valence-corrected chi connectivity index (χ4v) is 6.80. The fraction of sp³-hybridized carbons (Fsp3) is 0.125. The van der Waals surface area contributed by atoms with Crippen molar-refractivity contribution >= 4 is 86.3 Å². The van der Waals surface area contributed by atoms with Crippen LogP contribution in [0.5, 0.6) is 0 Å². The number of hydrogen-bond acceptors (Lipinski definition) is 2. The van der Waals surface area contributed by atoms with E-state index in [0.29, 0.717) is 31.9 Å². The minimum atomic E-state index is -1.32. The predicted molar refractivity (Wildman–Crippen MR) is 169 cm³/mol. The van der Waals surface area contributed by atoms with E-state index in [9.17, 15) is 9.59 Å². The quantitative estimate of drug-likeness (QED) is 0.137. The Balaban J connectivity index is 1.18. The van der Waals surface area contributed by atoms with Gasteiger partial charge in [-0.2, -0.15) is 0 Å². The molecule has 2 N–H and O–H groups in total. The summed E-state index contributed by atoms with van der Waals surface area (Å²) in [6.07, 6.45) is 0.144. The Labute approximate surface area is 261 Å². The van der Waals surface area contributed by atoms with Crippen molar-refractivity contribution < 1.29 is 9.59 Å². The number of H-pyrrole nitrogens is 1. The third-order valence-corrected chi connectivity index (χ3v) is 8.96. The van der Waals surface area contributed by atoms with Crippen molar-refractivity contribution in [3.05, 3.63) is 123 Å². The molecule has 1 saturated carbocycles. The summed E-state index contributed by atoms with van der Waals surface area (Å²) in [6.45, 7) is 0. The van der Waals surface area contributed by atoms with Crippen LogP contribution in [0.3, 0.4) is 0 Å². The number of benzene rings is 4. The van der Waals surface area contributed by atoms with E-state index in [1.54, 1.807) is 36.4 Å². The number of aromatic amines is 1.